The van der Waals surface area contributed by atoms with E-state index in [9.17, 15) is 0 Å². The first kappa shape index (κ1) is 11.0. The van der Waals surface area contributed by atoms with E-state index in [2.05, 4.69) is 25.5 Å². The number of hydrogen-bond donors (Lipinski definition) is 2. The lowest BCUT2D eigenvalue weighted by Gasteiger charge is -2.23. The van der Waals surface area contributed by atoms with Gasteiger partial charge in [0.1, 0.15) is 11.6 Å². The van der Waals surface area contributed by atoms with Gasteiger partial charge in [-0.2, -0.15) is 5.10 Å². The Balaban J connectivity index is 1.57. The highest BCUT2D eigenvalue weighted by molar-refractivity contribution is 5.39. The van der Waals surface area contributed by atoms with Crippen LogP contribution >= 0.6 is 0 Å². The van der Waals surface area contributed by atoms with Crippen molar-refractivity contribution in [1.82, 2.24) is 20.2 Å². The second kappa shape index (κ2) is 4.33. The summed E-state index contributed by atoms with van der Waals surface area (Å²) in [4.78, 5) is 8.99. The standard InChI is InChI=1S/C14H17N5/c1-2-10-8-16-19-13(10)11(3-1)17-12-6-7-15-14(18-12)9-4-5-9/h6-9,11H,1-5H2,(H,16,19)(H,15,17,18)/t11-/m1/s1. The molecule has 2 heterocycles. The highest BCUT2D eigenvalue weighted by Crippen LogP contribution is 2.38. The molecule has 2 aromatic rings. The van der Waals surface area contributed by atoms with Gasteiger partial charge in [0.05, 0.1) is 17.9 Å². The van der Waals surface area contributed by atoms with Crippen molar-refractivity contribution < 1.29 is 0 Å². The Morgan fingerprint density at radius 3 is 3.11 bits per heavy atom. The third kappa shape index (κ3) is 2.09. The van der Waals surface area contributed by atoms with E-state index in [1.54, 1.807) is 0 Å². The van der Waals surface area contributed by atoms with E-state index < -0.39 is 0 Å². The van der Waals surface area contributed by atoms with Crippen LogP contribution in [0.3, 0.4) is 0 Å². The molecular formula is C14H17N5. The van der Waals surface area contributed by atoms with E-state index >= 15 is 0 Å². The zero-order chi connectivity index (χ0) is 12.7. The van der Waals surface area contributed by atoms with E-state index in [1.807, 2.05) is 18.5 Å². The van der Waals surface area contributed by atoms with Crippen molar-refractivity contribution in [1.29, 1.82) is 0 Å². The lowest BCUT2D eigenvalue weighted by Crippen LogP contribution is -2.18. The predicted octanol–water partition coefficient (Wildman–Crippen LogP) is 2.57. The molecule has 0 aromatic carbocycles. The lowest BCUT2D eigenvalue weighted by molar-refractivity contribution is 0.586. The average molecular weight is 255 g/mol. The van der Waals surface area contributed by atoms with E-state index in [0.717, 1.165) is 24.5 Å². The van der Waals surface area contributed by atoms with Gasteiger partial charge in [-0.15, -0.1) is 0 Å². The monoisotopic (exact) mass is 255 g/mol. The Hall–Kier alpha value is -1.91. The highest BCUT2D eigenvalue weighted by Gasteiger charge is 2.27. The number of aromatic nitrogens is 4. The second-order valence-corrected chi connectivity index (χ2v) is 5.47. The third-order valence-corrected chi connectivity index (χ3v) is 3.98. The number of hydrogen-bond acceptors (Lipinski definition) is 4. The minimum Gasteiger partial charge on any atom is -0.362 e. The number of anilines is 1. The SMILES string of the molecule is c1cc(N[C@@H]2CCCc3cn[nH]c32)nc(C2CC2)n1. The van der Waals surface area contributed by atoms with Crippen LogP contribution in [0.25, 0.3) is 0 Å². The molecular weight excluding hydrogens is 238 g/mol. The normalized spacial score (nSPS) is 22.0. The van der Waals surface area contributed by atoms with Gasteiger partial charge < -0.3 is 5.32 Å². The number of aryl methyl sites for hydroxylation is 1. The average Bonchev–Trinajstić information content (AvgIpc) is 3.17. The first-order chi connectivity index (χ1) is 9.40. The van der Waals surface area contributed by atoms with Gasteiger partial charge in [-0.1, -0.05) is 0 Å². The molecule has 0 radical (unpaired) electrons. The Kier molecular flexibility index (Phi) is 2.50. The summed E-state index contributed by atoms with van der Waals surface area (Å²) < 4.78 is 0. The molecule has 0 saturated heterocycles. The van der Waals surface area contributed by atoms with Crippen LogP contribution in [0.15, 0.2) is 18.5 Å². The van der Waals surface area contributed by atoms with Crippen molar-refractivity contribution >= 4 is 5.82 Å². The van der Waals surface area contributed by atoms with Gasteiger partial charge >= 0.3 is 0 Å². The van der Waals surface area contributed by atoms with Gasteiger partial charge in [-0.25, -0.2) is 9.97 Å². The summed E-state index contributed by atoms with van der Waals surface area (Å²) in [6.45, 7) is 0. The van der Waals surface area contributed by atoms with Crippen LogP contribution in [0.4, 0.5) is 5.82 Å². The number of nitrogens with zero attached hydrogens (tertiary/aromatic N) is 3. The molecule has 1 fully saturated rings. The maximum absolute atomic E-state index is 4.63. The molecule has 5 nitrogen and oxygen atoms in total. The maximum atomic E-state index is 4.63. The van der Waals surface area contributed by atoms with E-state index in [1.165, 1.54) is 30.5 Å². The van der Waals surface area contributed by atoms with Crippen LogP contribution in [0, 0.1) is 0 Å². The molecule has 2 aliphatic carbocycles. The zero-order valence-corrected chi connectivity index (χ0v) is 10.8. The molecule has 0 unspecified atom stereocenters. The van der Waals surface area contributed by atoms with Crippen molar-refractivity contribution in [2.45, 2.75) is 44.1 Å². The molecule has 4 rings (SSSR count). The van der Waals surface area contributed by atoms with Crippen LogP contribution in [-0.4, -0.2) is 20.2 Å². The van der Waals surface area contributed by atoms with Gasteiger partial charge in [0.15, 0.2) is 0 Å². The summed E-state index contributed by atoms with van der Waals surface area (Å²) >= 11 is 0. The highest BCUT2D eigenvalue weighted by atomic mass is 15.1. The first-order valence-electron chi connectivity index (χ1n) is 7.02. The van der Waals surface area contributed by atoms with Crippen molar-refractivity contribution in [2.75, 3.05) is 5.32 Å². The molecule has 1 saturated carbocycles. The van der Waals surface area contributed by atoms with E-state index in [-0.39, 0.29) is 0 Å². The third-order valence-electron chi connectivity index (χ3n) is 3.98. The van der Waals surface area contributed by atoms with Gasteiger partial charge in [-0.05, 0) is 43.7 Å². The van der Waals surface area contributed by atoms with Crippen molar-refractivity contribution in [2.24, 2.45) is 0 Å². The molecule has 0 amide bonds. The van der Waals surface area contributed by atoms with Gasteiger partial charge in [0, 0.05) is 12.1 Å². The van der Waals surface area contributed by atoms with Crippen LogP contribution < -0.4 is 5.32 Å². The molecule has 2 aliphatic rings. The molecule has 0 bridgehead atoms. The van der Waals surface area contributed by atoms with Crippen molar-refractivity contribution in [3.8, 4) is 0 Å². The smallest absolute Gasteiger partial charge is 0.133 e. The Morgan fingerprint density at radius 2 is 2.21 bits per heavy atom. The quantitative estimate of drug-likeness (QED) is 0.884. The van der Waals surface area contributed by atoms with Gasteiger partial charge in [-0.3, -0.25) is 5.10 Å². The van der Waals surface area contributed by atoms with Crippen molar-refractivity contribution in [3.05, 3.63) is 35.5 Å². The molecule has 5 heteroatoms. The summed E-state index contributed by atoms with van der Waals surface area (Å²) in [5, 5.41) is 10.8. The van der Waals surface area contributed by atoms with Crippen LogP contribution in [0.5, 0.6) is 0 Å². The number of fused-ring (bicyclic) bond motifs is 1. The maximum Gasteiger partial charge on any atom is 0.133 e. The fraction of sp³-hybridized carbons (Fsp3) is 0.500. The van der Waals surface area contributed by atoms with Crippen LogP contribution in [-0.2, 0) is 6.42 Å². The van der Waals surface area contributed by atoms with E-state index in [0.29, 0.717) is 12.0 Å². The summed E-state index contributed by atoms with van der Waals surface area (Å²) in [5.74, 6) is 2.52. The molecule has 0 aliphatic heterocycles. The summed E-state index contributed by atoms with van der Waals surface area (Å²) in [6.07, 6.45) is 9.72. The van der Waals surface area contributed by atoms with Gasteiger partial charge in [0.25, 0.3) is 0 Å². The minimum atomic E-state index is 0.299. The second-order valence-electron chi connectivity index (χ2n) is 5.47. The number of rotatable bonds is 3. The number of nitrogens with one attached hydrogen (secondary N) is 2. The largest absolute Gasteiger partial charge is 0.362 e. The number of H-pyrrole nitrogens is 1. The zero-order valence-electron chi connectivity index (χ0n) is 10.8. The van der Waals surface area contributed by atoms with Crippen LogP contribution in [0.1, 0.15) is 54.7 Å². The molecule has 2 aromatic heterocycles. The van der Waals surface area contributed by atoms with Gasteiger partial charge in [0.2, 0.25) is 0 Å². The Labute approximate surface area is 111 Å². The molecule has 1 atom stereocenters. The number of aromatic amines is 1. The Bertz CT molecular complexity index is 587. The molecule has 19 heavy (non-hydrogen) atoms. The molecule has 2 N–H and O–H groups in total. The lowest BCUT2D eigenvalue weighted by atomic mass is 9.94. The van der Waals surface area contributed by atoms with Crippen LogP contribution in [0.2, 0.25) is 0 Å². The topological polar surface area (TPSA) is 66.5 Å². The fourth-order valence-electron chi connectivity index (χ4n) is 2.78. The summed E-state index contributed by atoms with van der Waals surface area (Å²) in [6, 6.07) is 2.25. The Morgan fingerprint density at radius 1 is 1.26 bits per heavy atom. The first-order valence-corrected chi connectivity index (χ1v) is 7.02. The molecule has 0 spiro atoms. The predicted molar refractivity (Wildman–Crippen MR) is 71.9 cm³/mol. The fourth-order valence-corrected chi connectivity index (χ4v) is 2.78. The summed E-state index contributed by atoms with van der Waals surface area (Å²) in [5.41, 5.74) is 2.55. The summed E-state index contributed by atoms with van der Waals surface area (Å²) in [7, 11) is 0. The molecule has 98 valence electrons. The van der Waals surface area contributed by atoms with Crippen molar-refractivity contribution in [3.63, 3.8) is 0 Å². The van der Waals surface area contributed by atoms with E-state index in [4.69, 9.17) is 0 Å². The minimum absolute atomic E-state index is 0.299.